The summed E-state index contributed by atoms with van der Waals surface area (Å²) in [4.78, 5) is 25.2. The largest absolute Gasteiger partial charge is 0.342 e. The number of benzene rings is 2. The van der Waals surface area contributed by atoms with Crippen molar-refractivity contribution in [1.29, 1.82) is 0 Å². The average Bonchev–Trinajstić information content (AvgIpc) is 3.13. The Bertz CT molecular complexity index is 1140. The Morgan fingerprint density at radius 3 is 2.45 bits per heavy atom. The van der Waals surface area contributed by atoms with Crippen LogP contribution in [0.4, 0.5) is 5.69 Å². The molecule has 1 atom stereocenters. The molecule has 174 valence electrons. The van der Waals surface area contributed by atoms with E-state index in [1.807, 2.05) is 57.5 Å². The van der Waals surface area contributed by atoms with Gasteiger partial charge < -0.3 is 15.2 Å². The highest BCUT2D eigenvalue weighted by Crippen LogP contribution is 2.25. The number of rotatable bonds is 8. The van der Waals surface area contributed by atoms with Crippen molar-refractivity contribution in [1.82, 2.24) is 20.1 Å². The number of carbonyl (C=O) groups excluding carboxylic acids is 2. The summed E-state index contributed by atoms with van der Waals surface area (Å²) in [5.41, 5.74) is 3.31. The molecule has 0 aliphatic heterocycles. The number of nitrogens with zero attached hydrogens (tertiary/aromatic N) is 3. The second kappa shape index (κ2) is 10.9. The summed E-state index contributed by atoms with van der Waals surface area (Å²) in [7, 11) is 1.84. The van der Waals surface area contributed by atoms with E-state index in [1.165, 1.54) is 11.8 Å². The Morgan fingerprint density at radius 1 is 1.09 bits per heavy atom. The van der Waals surface area contributed by atoms with Gasteiger partial charge in [0.2, 0.25) is 5.91 Å². The smallest absolute Gasteiger partial charge is 0.251 e. The van der Waals surface area contributed by atoms with Crippen molar-refractivity contribution in [2.75, 3.05) is 11.1 Å². The highest BCUT2D eigenvalue weighted by atomic mass is 35.5. The molecule has 0 fully saturated rings. The molecule has 33 heavy (non-hydrogen) atoms. The molecule has 1 heterocycles. The Labute approximate surface area is 203 Å². The average molecular weight is 486 g/mol. The number of amides is 2. The molecule has 9 heteroatoms. The normalized spacial score (nSPS) is 12.0. The molecule has 0 spiro atoms. The molecule has 3 aromatic rings. The zero-order valence-electron chi connectivity index (χ0n) is 19.3. The van der Waals surface area contributed by atoms with E-state index in [0.29, 0.717) is 27.3 Å². The molecular formula is C24H28ClN5O2S. The quantitative estimate of drug-likeness (QED) is 0.441. The van der Waals surface area contributed by atoms with Crippen molar-refractivity contribution >= 4 is 40.9 Å². The van der Waals surface area contributed by atoms with E-state index in [2.05, 4.69) is 20.8 Å². The summed E-state index contributed by atoms with van der Waals surface area (Å²) in [5.74, 6) is 0.568. The van der Waals surface area contributed by atoms with Crippen molar-refractivity contribution in [3.63, 3.8) is 0 Å². The van der Waals surface area contributed by atoms with Gasteiger partial charge in [0.1, 0.15) is 0 Å². The van der Waals surface area contributed by atoms with Crippen molar-refractivity contribution in [3.05, 3.63) is 70.0 Å². The number of hydrogen-bond donors (Lipinski definition) is 2. The van der Waals surface area contributed by atoms with Crippen LogP contribution in [0.2, 0.25) is 5.02 Å². The topological polar surface area (TPSA) is 88.9 Å². The van der Waals surface area contributed by atoms with Crippen LogP contribution in [0.3, 0.4) is 0 Å². The number of aryl methyl sites for hydroxylation is 2. The Hall–Kier alpha value is -2.84. The van der Waals surface area contributed by atoms with Crippen LogP contribution in [0.1, 0.15) is 47.2 Å². The maximum atomic E-state index is 12.8. The third-order valence-corrected chi connectivity index (χ3v) is 6.48. The molecule has 7 nitrogen and oxygen atoms in total. The highest BCUT2D eigenvalue weighted by molar-refractivity contribution is 7.99. The van der Waals surface area contributed by atoms with E-state index in [9.17, 15) is 9.59 Å². The molecule has 0 aliphatic rings. The molecule has 2 N–H and O–H groups in total. The van der Waals surface area contributed by atoms with Gasteiger partial charge in [0.25, 0.3) is 5.91 Å². The van der Waals surface area contributed by atoms with Gasteiger partial charge in [0.05, 0.1) is 11.8 Å². The molecule has 0 bridgehead atoms. The molecule has 0 radical (unpaired) electrons. The maximum Gasteiger partial charge on any atom is 0.251 e. The molecule has 0 saturated carbocycles. The Kier molecular flexibility index (Phi) is 8.15. The predicted octanol–water partition coefficient (Wildman–Crippen LogP) is 4.94. The minimum absolute atomic E-state index is 0.0919. The summed E-state index contributed by atoms with van der Waals surface area (Å²) in [6.45, 7) is 7.92. The van der Waals surface area contributed by atoms with Crippen LogP contribution >= 0.6 is 23.4 Å². The van der Waals surface area contributed by atoms with E-state index < -0.39 is 0 Å². The van der Waals surface area contributed by atoms with Crippen LogP contribution < -0.4 is 10.6 Å². The summed E-state index contributed by atoms with van der Waals surface area (Å²) >= 11 is 7.31. The number of anilines is 1. The Morgan fingerprint density at radius 2 is 1.79 bits per heavy atom. The number of thioether (sulfide) groups is 1. The summed E-state index contributed by atoms with van der Waals surface area (Å²) in [6, 6.07) is 12.5. The van der Waals surface area contributed by atoms with E-state index >= 15 is 0 Å². The van der Waals surface area contributed by atoms with Gasteiger partial charge in [-0.2, -0.15) is 0 Å². The minimum Gasteiger partial charge on any atom is -0.342 e. The Balaban J connectivity index is 1.67. The van der Waals surface area contributed by atoms with Gasteiger partial charge in [-0.1, -0.05) is 61.0 Å². The lowest BCUT2D eigenvalue weighted by molar-refractivity contribution is -0.113. The SMILES string of the molecule is Cc1ccc(C(=O)N[C@H](c2nnc(SCC(=O)Nc3cc(Cl)ccc3C)n2C)C(C)C)cc1. The number of halogens is 1. The van der Waals surface area contributed by atoms with Crippen LogP contribution in [-0.4, -0.2) is 32.3 Å². The molecule has 2 amide bonds. The summed E-state index contributed by atoms with van der Waals surface area (Å²) in [6.07, 6.45) is 0. The fraction of sp³-hybridized carbons (Fsp3) is 0.333. The first-order valence-electron chi connectivity index (χ1n) is 10.6. The first-order valence-corrected chi connectivity index (χ1v) is 12.0. The third-order valence-electron chi connectivity index (χ3n) is 5.22. The standard InChI is InChI=1S/C24H28ClN5O2S/c1-14(2)21(27-23(32)17-9-6-15(3)7-10-17)22-28-29-24(30(22)5)33-13-20(31)26-19-12-18(25)11-8-16(19)4/h6-12,14,21H,13H2,1-5H3,(H,26,31)(H,27,32)/t21-/m0/s1. The fourth-order valence-corrected chi connectivity index (χ4v) is 4.12. The van der Waals surface area contributed by atoms with Crippen LogP contribution in [-0.2, 0) is 11.8 Å². The maximum absolute atomic E-state index is 12.8. The van der Waals surface area contributed by atoms with Crippen LogP contribution in [0.15, 0.2) is 47.6 Å². The van der Waals surface area contributed by atoms with E-state index in [1.54, 1.807) is 24.3 Å². The van der Waals surface area contributed by atoms with Crippen LogP contribution in [0.5, 0.6) is 0 Å². The number of nitrogens with one attached hydrogen (secondary N) is 2. The van der Waals surface area contributed by atoms with Crippen LogP contribution in [0, 0.1) is 19.8 Å². The van der Waals surface area contributed by atoms with Gasteiger partial charge in [0, 0.05) is 23.3 Å². The zero-order valence-corrected chi connectivity index (χ0v) is 20.9. The molecule has 0 saturated heterocycles. The first-order chi connectivity index (χ1) is 15.7. The van der Waals surface area contributed by atoms with Gasteiger partial charge in [-0.3, -0.25) is 9.59 Å². The lowest BCUT2D eigenvalue weighted by Crippen LogP contribution is -2.33. The first kappa shape index (κ1) is 24.8. The predicted molar refractivity (Wildman–Crippen MR) is 133 cm³/mol. The minimum atomic E-state index is -0.325. The third kappa shape index (κ3) is 6.36. The van der Waals surface area contributed by atoms with Crippen LogP contribution in [0.25, 0.3) is 0 Å². The van der Waals surface area contributed by atoms with Gasteiger partial charge in [-0.15, -0.1) is 10.2 Å². The van der Waals surface area contributed by atoms with Crippen molar-refractivity contribution in [2.24, 2.45) is 13.0 Å². The molecule has 2 aromatic carbocycles. The lowest BCUT2D eigenvalue weighted by Gasteiger charge is -2.21. The van der Waals surface area contributed by atoms with E-state index in [0.717, 1.165) is 11.1 Å². The fourth-order valence-electron chi connectivity index (χ4n) is 3.23. The molecule has 1 aromatic heterocycles. The second-order valence-corrected chi connectivity index (χ2v) is 9.64. The monoisotopic (exact) mass is 485 g/mol. The number of carbonyl (C=O) groups is 2. The zero-order chi connectivity index (χ0) is 24.1. The summed E-state index contributed by atoms with van der Waals surface area (Å²) in [5, 5.41) is 15.7. The van der Waals surface area contributed by atoms with Crippen molar-refractivity contribution < 1.29 is 9.59 Å². The van der Waals surface area contributed by atoms with Gasteiger partial charge in [-0.05, 0) is 49.6 Å². The molecule has 0 unspecified atom stereocenters. The highest BCUT2D eigenvalue weighted by Gasteiger charge is 2.25. The number of hydrogen-bond acceptors (Lipinski definition) is 5. The molecule has 0 aliphatic carbocycles. The molecular weight excluding hydrogens is 458 g/mol. The lowest BCUT2D eigenvalue weighted by atomic mass is 10.0. The van der Waals surface area contributed by atoms with Gasteiger partial charge in [-0.25, -0.2) is 0 Å². The number of aromatic nitrogens is 3. The van der Waals surface area contributed by atoms with E-state index in [-0.39, 0.29) is 29.5 Å². The van der Waals surface area contributed by atoms with E-state index in [4.69, 9.17) is 11.6 Å². The second-order valence-electron chi connectivity index (χ2n) is 8.26. The van der Waals surface area contributed by atoms with Crippen molar-refractivity contribution in [2.45, 2.75) is 38.9 Å². The van der Waals surface area contributed by atoms with Gasteiger partial charge in [0.15, 0.2) is 11.0 Å². The van der Waals surface area contributed by atoms with Crippen molar-refractivity contribution in [3.8, 4) is 0 Å². The molecule has 3 rings (SSSR count). The summed E-state index contributed by atoms with van der Waals surface area (Å²) < 4.78 is 1.82. The van der Waals surface area contributed by atoms with Gasteiger partial charge >= 0.3 is 0 Å².